The van der Waals surface area contributed by atoms with Gasteiger partial charge in [0, 0.05) is 57.1 Å². The number of cyclic esters (lactones) is 1. The lowest BCUT2D eigenvalue weighted by molar-refractivity contribution is -0.141. The summed E-state index contributed by atoms with van der Waals surface area (Å²) in [4.78, 5) is 62.3. The quantitative estimate of drug-likeness (QED) is 0.386. The molecule has 0 unspecified atom stereocenters. The number of nitrogens with one attached hydrogen (secondary N) is 1. The number of aromatic nitrogens is 3. The van der Waals surface area contributed by atoms with Crippen LogP contribution in [0.3, 0.4) is 0 Å². The summed E-state index contributed by atoms with van der Waals surface area (Å²) in [7, 11) is 1.26. The van der Waals surface area contributed by atoms with E-state index in [0.29, 0.717) is 17.0 Å². The van der Waals surface area contributed by atoms with Gasteiger partial charge in [-0.1, -0.05) is 0 Å². The third-order valence-corrected chi connectivity index (χ3v) is 7.53. The van der Waals surface area contributed by atoms with Crippen LogP contribution in [0.1, 0.15) is 35.9 Å². The van der Waals surface area contributed by atoms with Gasteiger partial charge >= 0.3 is 12.1 Å². The van der Waals surface area contributed by atoms with Crippen LogP contribution in [0.25, 0.3) is 5.65 Å². The van der Waals surface area contributed by atoms with E-state index in [4.69, 9.17) is 4.74 Å². The topological polar surface area (TPSA) is 139 Å². The van der Waals surface area contributed by atoms with Crippen LogP contribution in [0.5, 0.6) is 0 Å². The maximum Gasteiger partial charge on any atom is 0.414 e. The third-order valence-electron chi connectivity index (χ3n) is 7.53. The maximum atomic E-state index is 15.2. The van der Waals surface area contributed by atoms with E-state index < -0.39 is 41.7 Å². The number of anilines is 2. The average Bonchev–Trinajstić information content (AvgIpc) is 3.53. The van der Waals surface area contributed by atoms with Crippen LogP contribution in [0.15, 0.2) is 30.7 Å². The number of carbonyl (C=O) groups is 4. The molecule has 2 aromatic heterocycles. The summed E-state index contributed by atoms with van der Waals surface area (Å²) < 4.78 is 41.8. The molecule has 4 heterocycles. The van der Waals surface area contributed by atoms with Gasteiger partial charge in [-0.2, -0.15) is 0 Å². The van der Waals surface area contributed by atoms with Crippen LogP contribution in [-0.2, 0) is 19.1 Å². The number of piperazine rings is 1. The van der Waals surface area contributed by atoms with Gasteiger partial charge in [0.2, 0.25) is 5.91 Å². The smallest absolute Gasteiger partial charge is 0.414 e. The van der Waals surface area contributed by atoms with Crippen LogP contribution in [0, 0.1) is 18.6 Å². The Labute approximate surface area is 245 Å². The molecule has 0 aliphatic carbocycles. The summed E-state index contributed by atoms with van der Waals surface area (Å²) in [6, 6.07) is 1.28. The number of halogens is 2. The van der Waals surface area contributed by atoms with Crippen LogP contribution >= 0.6 is 0 Å². The lowest BCUT2D eigenvalue weighted by atomic mass is 10.1. The first-order valence-electron chi connectivity index (χ1n) is 13.7. The summed E-state index contributed by atoms with van der Waals surface area (Å²) in [5.74, 6) is -2.96. The van der Waals surface area contributed by atoms with Gasteiger partial charge in [0.05, 0.1) is 31.2 Å². The van der Waals surface area contributed by atoms with Crippen LogP contribution in [-0.4, -0.2) is 95.1 Å². The summed E-state index contributed by atoms with van der Waals surface area (Å²) in [5, 5.41) is 2.72. The fourth-order valence-electron chi connectivity index (χ4n) is 5.32. The minimum atomic E-state index is -0.861. The molecule has 2 aliphatic heterocycles. The number of ether oxygens (including phenoxy) is 2. The van der Waals surface area contributed by atoms with E-state index in [0.717, 1.165) is 17.0 Å². The molecular weight excluding hydrogens is 568 g/mol. The number of nitrogens with zero attached hydrogens (tertiary/aromatic N) is 6. The number of amides is 3. The van der Waals surface area contributed by atoms with E-state index in [1.807, 2.05) is 0 Å². The van der Waals surface area contributed by atoms with Crippen molar-refractivity contribution in [2.24, 2.45) is 0 Å². The van der Waals surface area contributed by atoms with Gasteiger partial charge in [-0.3, -0.25) is 28.7 Å². The molecule has 1 N–H and O–H groups in total. The Kier molecular flexibility index (Phi) is 8.41. The van der Waals surface area contributed by atoms with Crippen molar-refractivity contribution in [2.75, 3.05) is 49.6 Å². The Morgan fingerprint density at radius 1 is 1.16 bits per heavy atom. The van der Waals surface area contributed by atoms with Crippen molar-refractivity contribution >= 4 is 40.9 Å². The number of benzene rings is 1. The zero-order valence-corrected chi connectivity index (χ0v) is 23.9. The van der Waals surface area contributed by atoms with Crippen molar-refractivity contribution in [3.8, 4) is 0 Å². The Bertz CT molecular complexity index is 1550. The Hall–Kier alpha value is -4.82. The molecule has 0 bridgehead atoms. The Morgan fingerprint density at radius 2 is 1.86 bits per heavy atom. The number of imidazole rings is 1. The van der Waals surface area contributed by atoms with E-state index in [2.05, 4.69) is 20.0 Å². The first-order chi connectivity index (χ1) is 20.6. The minimum absolute atomic E-state index is 0.000150. The fraction of sp³-hybridized carbons (Fsp3) is 0.429. The highest BCUT2D eigenvalue weighted by atomic mass is 19.1. The maximum absolute atomic E-state index is 15.2. The lowest BCUT2D eigenvalue weighted by Crippen LogP contribution is -2.54. The molecule has 5 rings (SSSR count). The molecular formula is C28H31F2N7O6. The zero-order valence-electron chi connectivity index (χ0n) is 23.9. The van der Waals surface area contributed by atoms with Gasteiger partial charge in [-0.25, -0.2) is 18.6 Å². The van der Waals surface area contributed by atoms with E-state index in [1.54, 1.807) is 24.4 Å². The molecule has 2 atom stereocenters. The number of hydrogen-bond donors (Lipinski definition) is 1. The second-order valence-corrected chi connectivity index (χ2v) is 10.3. The van der Waals surface area contributed by atoms with Gasteiger partial charge in [0.1, 0.15) is 23.5 Å². The molecule has 43 heavy (non-hydrogen) atoms. The number of aryl methyl sites for hydroxylation is 1. The monoisotopic (exact) mass is 599 g/mol. The molecule has 0 radical (unpaired) electrons. The van der Waals surface area contributed by atoms with Gasteiger partial charge in [0.25, 0.3) is 5.91 Å². The molecule has 13 nitrogen and oxygen atoms in total. The van der Waals surface area contributed by atoms with Gasteiger partial charge in [-0.05, 0) is 20.3 Å². The number of rotatable bonds is 8. The van der Waals surface area contributed by atoms with Crippen LogP contribution < -0.4 is 15.1 Å². The number of carbonyl (C=O) groups excluding carboxylic acids is 4. The number of methoxy groups -OCH3 is 1. The lowest BCUT2D eigenvalue weighted by Gasteiger charge is -2.37. The van der Waals surface area contributed by atoms with E-state index in [-0.39, 0.29) is 62.8 Å². The summed E-state index contributed by atoms with van der Waals surface area (Å²) in [6.07, 6.45) is 3.57. The predicted molar refractivity (Wildman–Crippen MR) is 149 cm³/mol. The second-order valence-electron chi connectivity index (χ2n) is 10.3. The van der Waals surface area contributed by atoms with E-state index in [9.17, 15) is 19.2 Å². The normalized spacial score (nSPS) is 17.7. The molecule has 2 aliphatic rings. The first-order valence-corrected chi connectivity index (χ1v) is 13.7. The van der Waals surface area contributed by atoms with Crippen molar-refractivity contribution in [1.82, 2.24) is 24.6 Å². The zero-order chi connectivity index (χ0) is 30.8. The molecule has 3 aromatic rings. The van der Waals surface area contributed by atoms with Crippen molar-refractivity contribution in [2.45, 2.75) is 38.8 Å². The van der Waals surface area contributed by atoms with Gasteiger partial charge in [0.15, 0.2) is 17.3 Å². The van der Waals surface area contributed by atoms with Crippen molar-refractivity contribution in [1.29, 1.82) is 0 Å². The first kappa shape index (κ1) is 29.7. The van der Waals surface area contributed by atoms with E-state index in [1.165, 1.54) is 29.3 Å². The molecule has 2 saturated heterocycles. The second kappa shape index (κ2) is 12.2. The van der Waals surface area contributed by atoms with Crippen LogP contribution in [0.2, 0.25) is 0 Å². The molecule has 0 saturated carbocycles. The number of fused-ring (bicyclic) bond motifs is 1. The summed E-state index contributed by atoms with van der Waals surface area (Å²) in [5.41, 5.74) is 1.04. The predicted octanol–water partition coefficient (Wildman–Crippen LogP) is 2.06. The van der Waals surface area contributed by atoms with Gasteiger partial charge < -0.3 is 24.6 Å². The SMILES string of the molecule is COC(=O)CC[C@H]1CN(c2cc(F)c(N3CCN(C(=O)[C@H](C)NC(=O)c4c(C)nc5cnccn45)CC3)c(F)c2)C(=O)O1. The summed E-state index contributed by atoms with van der Waals surface area (Å²) in [6.45, 7) is 3.98. The largest absolute Gasteiger partial charge is 0.469 e. The Balaban J connectivity index is 1.18. The number of esters is 1. The molecule has 1 aromatic carbocycles. The van der Waals surface area contributed by atoms with Gasteiger partial charge in [-0.15, -0.1) is 0 Å². The van der Waals surface area contributed by atoms with Crippen molar-refractivity contribution in [3.63, 3.8) is 0 Å². The van der Waals surface area contributed by atoms with Crippen molar-refractivity contribution in [3.05, 3.63) is 53.7 Å². The molecule has 0 spiro atoms. The highest BCUT2D eigenvalue weighted by Crippen LogP contribution is 2.32. The fourth-order valence-corrected chi connectivity index (χ4v) is 5.32. The molecule has 2 fully saturated rings. The minimum Gasteiger partial charge on any atom is -0.469 e. The standard InChI is InChI=1S/C28H31F2N7O6/c1-16-24(36-7-6-31-14-22(36)32-16)26(39)33-17(2)27(40)35-10-8-34(9-11-35)25-20(29)12-18(13-21(25)30)37-15-19(43-28(37)41)4-5-23(38)42-3/h6-7,12-14,17,19H,4-5,8-11,15H2,1-3H3,(H,33,39)/t17-,19-/m0/s1. The summed E-state index contributed by atoms with van der Waals surface area (Å²) >= 11 is 0. The third kappa shape index (κ3) is 6.05. The molecule has 228 valence electrons. The molecule has 15 heteroatoms. The average molecular weight is 600 g/mol. The van der Waals surface area contributed by atoms with E-state index >= 15 is 8.78 Å². The van der Waals surface area contributed by atoms with Crippen LogP contribution in [0.4, 0.5) is 25.0 Å². The highest BCUT2D eigenvalue weighted by molar-refractivity contribution is 5.97. The highest BCUT2D eigenvalue weighted by Gasteiger charge is 2.35. The number of hydrogen-bond acceptors (Lipinski definition) is 9. The molecule has 3 amide bonds. The Morgan fingerprint density at radius 3 is 2.53 bits per heavy atom. The van der Waals surface area contributed by atoms with Crippen molar-refractivity contribution < 1.29 is 37.4 Å².